The average molecular weight is 315 g/mol. The van der Waals surface area contributed by atoms with Crippen molar-refractivity contribution in [1.82, 2.24) is 10.6 Å². The van der Waals surface area contributed by atoms with Crippen molar-refractivity contribution in [2.45, 2.75) is 38.9 Å². The van der Waals surface area contributed by atoms with Crippen LogP contribution in [-0.4, -0.2) is 18.0 Å². The van der Waals surface area contributed by atoms with Crippen molar-refractivity contribution >= 4 is 5.91 Å². The zero-order valence-electron chi connectivity index (χ0n) is 13.9. The Kier molecular flexibility index (Phi) is 5.58. The van der Waals surface area contributed by atoms with E-state index in [4.69, 9.17) is 10.2 Å². The molecule has 0 bridgehead atoms. The van der Waals surface area contributed by atoms with Gasteiger partial charge in [0, 0.05) is 18.1 Å². The number of benzene rings is 1. The molecule has 2 rings (SSSR count). The maximum atomic E-state index is 12.1. The van der Waals surface area contributed by atoms with E-state index >= 15 is 0 Å². The quantitative estimate of drug-likeness (QED) is 0.733. The van der Waals surface area contributed by atoms with E-state index in [2.05, 4.69) is 43.5 Å². The number of amides is 1. The lowest BCUT2D eigenvalue weighted by Crippen LogP contribution is -2.49. The summed E-state index contributed by atoms with van der Waals surface area (Å²) < 4.78 is 5.19. The minimum absolute atomic E-state index is 0.157. The number of nitrogens with two attached hydrogens (primary N) is 1. The number of hydrogen-bond donors (Lipinski definition) is 3. The van der Waals surface area contributed by atoms with Gasteiger partial charge in [-0.1, -0.05) is 30.3 Å². The second kappa shape index (κ2) is 7.44. The molecule has 1 heterocycles. The standard InChI is InChI=1S/C18H25N3O2/c1-13(14-7-5-4-6-8-14)21-18(2,3)12-20-17(22)15-9-16(10-19)23-11-15/h4-9,11,13,21H,10,12,19H2,1-3H3,(H,20,22). The molecular weight excluding hydrogens is 290 g/mol. The number of furan rings is 1. The third-order valence-corrected chi connectivity index (χ3v) is 3.71. The van der Waals surface area contributed by atoms with E-state index in [9.17, 15) is 4.79 Å². The smallest absolute Gasteiger partial charge is 0.254 e. The molecule has 0 fully saturated rings. The van der Waals surface area contributed by atoms with Crippen molar-refractivity contribution < 1.29 is 9.21 Å². The van der Waals surface area contributed by atoms with Gasteiger partial charge in [0.05, 0.1) is 12.1 Å². The largest absolute Gasteiger partial charge is 0.467 e. The molecule has 0 saturated carbocycles. The van der Waals surface area contributed by atoms with Gasteiger partial charge in [0.1, 0.15) is 12.0 Å². The molecule has 1 amide bonds. The topological polar surface area (TPSA) is 80.3 Å². The third-order valence-electron chi connectivity index (χ3n) is 3.71. The Labute approximate surface area is 137 Å². The monoisotopic (exact) mass is 315 g/mol. The van der Waals surface area contributed by atoms with Crippen LogP contribution in [0.25, 0.3) is 0 Å². The molecule has 2 aromatic rings. The molecule has 1 unspecified atom stereocenters. The number of rotatable bonds is 7. The van der Waals surface area contributed by atoms with Crippen molar-refractivity contribution in [3.63, 3.8) is 0 Å². The molecule has 23 heavy (non-hydrogen) atoms. The summed E-state index contributed by atoms with van der Waals surface area (Å²) in [5, 5.41) is 6.47. The Morgan fingerprint density at radius 3 is 2.61 bits per heavy atom. The van der Waals surface area contributed by atoms with E-state index in [0.717, 1.165) is 0 Å². The predicted octanol–water partition coefficient (Wildman–Crippen LogP) is 2.60. The molecule has 0 saturated heterocycles. The molecule has 0 aliphatic heterocycles. The van der Waals surface area contributed by atoms with Gasteiger partial charge >= 0.3 is 0 Å². The highest BCUT2D eigenvalue weighted by Gasteiger charge is 2.22. The van der Waals surface area contributed by atoms with E-state index in [1.807, 2.05) is 18.2 Å². The minimum atomic E-state index is -0.245. The molecule has 5 nitrogen and oxygen atoms in total. The van der Waals surface area contributed by atoms with Gasteiger partial charge in [0.15, 0.2) is 0 Å². The molecule has 0 spiro atoms. The minimum Gasteiger partial charge on any atom is -0.467 e. The molecule has 4 N–H and O–H groups in total. The molecule has 1 aromatic heterocycles. The molecule has 5 heteroatoms. The summed E-state index contributed by atoms with van der Waals surface area (Å²) in [6.45, 7) is 7.03. The first-order valence-electron chi connectivity index (χ1n) is 7.79. The van der Waals surface area contributed by atoms with Crippen molar-refractivity contribution in [1.29, 1.82) is 0 Å². The molecule has 1 aromatic carbocycles. The number of carbonyl (C=O) groups excluding carboxylic acids is 1. The highest BCUT2D eigenvalue weighted by Crippen LogP contribution is 2.16. The maximum Gasteiger partial charge on any atom is 0.254 e. The van der Waals surface area contributed by atoms with Crippen LogP contribution in [0.2, 0.25) is 0 Å². The third kappa shape index (κ3) is 4.94. The Morgan fingerprint density at radius 2 is 2.00 bits per heavy atom. The molecule has 1 atom stereocenters. The summed E-state index contributed by atoms with van der Waals surface area (Å²) in [6, 6.07) is 12.1. The van der Waals surface area contributed by atoms with Crippen LogP contribution in [0.4, 0.5) is 0 Å². The van der Waals surface area contributed by atoms with Gasteiger partial charge in [0.25, 0.3) is 5.91 Å². The fourth-order valence-electron chi connectivity index (χ4n) is 2.47. The first-order chi connectivity index (χ1) is 10.9. The van der Waals surface area contributed by atoms with Crippen LogP contribution in [0.5, 0.6) is 0 Å². The lowest BCUT2D eigenvalue weighted by molar-refractivity contribution is 0.0940. The van der Waals surface area contributed by atoms with E-state index in [0.29, 0.717) is 17.9 Å². The van der Waals surface area contributed by atoms with Gasteiger partial charge in [-0.15, -0.1) is 0 Å². The lowest BCUT2D eigenvalue weighted by Gasteiger charge is -2.30. The van der Waals surface area contributed by atoms with Crippen LogP contribution in [0, 0.1) is 0 Å². The lowest BCUT2D eigenvalue weighted by atomic mass is 10.0. The van der Waals surface area contributed by atoms with Gasteiger partial charge in [-0.2, -0.15) is 0 Å². The van der Waals surface area contributed by atoms with Gasteiger partial charge in [0.2, 0.25) is 0 Å². The van der Waals surface area contributed by atoms with E-state index in [1.54, 1.807) is 6.07 Å². The van der Waals surface area contributed by atoms with Crippen molar-refractivity contribution in [3.8, 4) is 0 Å². The van der Waals surface area contributed by atoms with Crippen LogP contribution < -0.4 is 16.4 Å². The molecule has 0 aliphatic rings. The summed E-state index contributed by atoms with van der Waals surface area (Å²) in [4.78, 5) is 12.1. The van der Waals surface area contributed by atoms with Crippen LogP contribution in [0.15, 0.2) is 47.1 Å². The first kappa shape index (κ1) is 17.2. The predicted molar refractivity (Wildman–Crippen MR) is 91.0 cm³/mol. The number of carbonyl (C=O) groups is 1. The molecule has 124 valence electrons. The highest BCUT2D eigenvalue weighted by molar-refractivity contribution is 5.94. The normalized spacial score (nSPS) is 12.9. The second-order valence-electron chi connectivity index (χ2n) is 6.35. The van der Waals surface area contributed by atoms with E-state index in [-0.39, 0.29) is 24.0 Å². The summed E-state index contributed by atoms with van der Waals surface area (Å²) in [5.41, 5.74) is 6.95. The second-order valence-corrected chi connectivity index (χ2v) is 6.35. The SMILES string of the molecule is CC(NC(C)(C)CNC(=O)c1coc(CN)c1)c1ccccc1. The zero-order chi connectivity index (χ0) is 16.9. The Hall–Kier alpha value is -2.11. The number of nitrogens with one attached hydrogen (secondary N) is 2. The fraction of sp³-hybridized carbons (Fsp3) is 0.389. The van der Waals surface area contributed by atoms with Crippen LogP contribution >= 0.6 is 0 Å². The van der Waals surface area contributed by atoms with E-state index < -0.39 is 0 Å². The summed E-state index contributed by atoms with van der Waals surface area (Å²) >= 11 is 0. The summed E-state index contributed by atoms with van der Waals surface area (Å²) in [5.74, 6) is 0.445. The zero-order valence-corrected chi connectivity index (χ0v) is 13.9. The van der Waals surface area contributed by atoms with Gasteiger partial charge in [-0.25, -0.2) is 0 Å². The van der Waals surface area contributed by atoms with Crippen LogP contribution in [0.3, 0.4) is 0 Å². The highest BCUT2D eigenvalue weighted by atomic mass is 16.3. The number of hydrogen-bond acceptors (Lipinski definition) is 4. The Morgan fingerprint density at radius 1 is 1.30 bits per heavy atom. The first-order valence-corrected chi connectivity index (χ1v) is 7.79. The molecule has 0 radical (unpaired) electrons. The van der Waals surface area contributed by atoms with Gasteiger partial charge in [-0.05, 0) is 32.4 Å². The van der Waals surface area contributed by atoms with Gasteiger partial charge < -0.3 is 20.8 Å². The Bertz CT molecular complexity index is 635. The van der Waals surface area contributed by atoms with Crippen LogP contribution in [-0.2, 0) is 6.54 Å². The van der Waals surface area contributed by atoms with Gasteiger partial charge in [-0.3, -0.25) is 4.79 Å². The molecular formula is C18H25N3O2. The van der Waals surface area contributed by atoms with E-state index in [1.165, 1.54) is 11.8 Å². The van der Waals surface area contributed by atoms with Crippen molar-refractivity contribution in [2.75, 3.05) is 6.54 Å². The summed E-state index contributed by atoms with van der Waals surface area (Å²) in [7, 11) is 0. The average Bonchev–Trinajstić information content (AvgIpc) is 3.02. The molecule has 0 aliphatic carbocycles. The summed E-state index contributed by atoms with van der Waals surface area (Å²) in [6.07, 6.45) is 1.44. The van der Waals surface area contributed by atoms with Crippen molar-refractivity contribution in [2.24, 2.45) is 5.73 Å². The maximum absolute atomic E-state index is 12.1. The van der Waals surface area contributed by atoms with Crippen molar-refractivity contribution in [3.05, 3.63) is 59.5 Å². The van der Waals surface area contributed by atoms with Crippen LogP contribution in [0.1, 0.15) is 48.5 Å². The Balaban J connectivity index is 1.89. The fourth-order valence-corrected chi connectivity index (χ4v) is 2.47.